The van der Waals surface area contributed by atoms with E-state index < -0.39 is 5.97 Å². The van der Waals surface area contributed by atoms with Crippen LogP contribution in [0.3, 0.4) is 0 Å². The van der Waals surface area contributed by atoms with Gasteiger partial charge in [-0.3, -0.25) is 4.90 Å². The molecule has 6 heteroatoms. The Hall–Kier alpha value is -1.40. The minimum atomic E-state index is -0.990. The Morgan fingerprint density at radius 1 is 1.56 bits per heavy atom. The number of imidazole rings is 1. The highest BCUT2D eigenvalue weighted by atomic mass is 16.5. The van der Waals surface area contributed by atoms with E-state index in [1.807, 2.05) is 0 Å². The molecule has 2 rings (SSSR count). The minimum absolute atomic E-state index is 0.0864. The summed E-state index contributed by atoms with van der Waals surface area (Å²) in [6.45, 7) is 3.97. The van der Waals surface area contributed by atoms with E-state index in [-0.39, 0.29) is 5.82 Å². The molecule has 6 nitrogen and oxygen atoms in total. The highest BCUT2D eigenvalue weighted by molar-refractivity contribution is 5.83. The summed E-state index contributed by atoms with van der Waals surface area (Å²) in [4.78, 5) is 16.9. The van der Waals surface area contributed by atoms with Gasteiger partial charge in [-0.1, -0.05) is 0 Å². The lowest BCUT2D eigenvalue weighted by Crippen LogP contribution is -2.36. The monoisotopic (exact) mass is 225 g/mol. The lowest BCUT2D eigenvalue weighted by Gasteiger charge is -2.26. The van der Waals surface area contributed by atoms with E-state index in [1.165, 1.54) is 0 Å². The highest BCUT2D eigenvalue weighted by Crippen LogP contribution is 2.08. The number of carboxylic acids is 1. The zero-order valence-corrected chi connectivity index (χ0v) is 9.22. The number of carboxylic acid groups (broad SMARTS) is 1. The fraction of sp³-hybridized carbons (Fsp3) is 0.600. The highest BCUT2D eigenvalue weighted by Gasteiger charge is 2.16. The van der Waals surface area contributed by atoms with Crippen LogP contribution in [0.15, 0.2) is 6.20 Å². The van der Waals surface area contributed by atoms with Crippen molar-refractivity contribution in [3.8, 4) is 0 Å². The van der Waals surface area contributed by atoms with Crippen LogP contribution in [0.2, 0.25) is 0 Å². The summed E-state index contributed by atoms with van der Waals surface area (Å²) in [5.74, 6) is -0.904. The number of morpholine rings is 1. The van der Waals surface area contributed by atoms with Gasteiger partial charge in [-0.05, 0) is 0 Å². The number of nitrogens with zero attached hydrogens (tertiary/aromatic N) is 3. The first-order chi connectivity index (χ1) is 7.68. The summed E-state index contributed by atoms with van der Waals surface area (Å²) < 4.78 is 6.88. The second-order valence-electron chi connectivity index (χ2n) is 3.83. The van der Waals surface area contributed by atoms with Gasteiger partial charge >= 0.3 is 5.97 Å². The molecule has 0 unspecified atom stereocenters. The largest absolute Gasteiger partial charge is 0.475 e. The van der Waals surface area contributed by atoms with E-state index >= 15 is 0 Å². The Morgan fingerprint density at radius 2 is 2.25 bits per heavy atom. The summed E-state index contributed by atoms with van der Waals surface area (Å²) in [7, 11) is 1.73. The van der Waals surface area contributed by atoms with Crippen LogP contribution in [-0.2, 0) is 18.3 Å². The maximum Gasteiger partial charge on any atom is 0.372 e. The van der Waals surface area contributed by atoms with Crippen LogP contribution in [0.1, 0.15) is 16.3 Å². The molecule has 0 atom stereocenters. The number of rotatable bonds is 3. The van der Waals surface area contributed by atoms with E-state index in [0.717, 1.165) is 38.5 Å². The molecule has 0 aromatic carbocycles. The van der Waals surface area contributed by atoms with Crippen LogP contribution in [0.25, 0.3) is 0 Å². The quantitative estimate of drug-likeness (QED) is 0.781. The van der Waals surface area contributed by atoms with Crippen molar-refractivity contribution >= 4 is 5.97 Å². The normalized spacial score (nSPS) is 17.6. The molecular weight excluding hydrogens is 210 g/mol. The van der Waals surface area contributed by atoms with E-state index in [1.54, 1.807) is 17.8 Å². The van der Waals surface area contributed by atoms with Crippen LogP contribution in [0.5, 0.6) is 0 Å². The Kier molecular flexibility index (Phi) is 3.21. The van der Waals surface area contributed by atoms with Crippen molar-refractivity contribution in [1.82, 2.24) is 14.5 Å². The Morgan fingerprint density at radius 3 is 2.81 bits per heavy atom. The molecule has 88 valence electrons. The Balaban J connectivity index is 2.06. The number of carbonyl (C=O) groups is 1. The standard InChI is InChI=1S/C10H15N3O3/c1-12-8(6-11-9(12)10(14)15)7-13-2-4-16-5-3-13/h6H,2-5,7H2,1H3,(H,14,15). The van der Waals surface area contributed by atoms with Crippen molar-refractivity contribution in [2.24, 2.45) is 7.05 Å². The molecule has 1 aliphatic rings. The van der Waals surface area contributed by atoms with Crippen LogP contribution >= 0.6 is 0 Å². The topological polar surface area (TPSA) is 67.6 Å². The first kappa shape index (κ1) is 11.1. The number of aromatic nitrogens is 2. The summed E-state index contributed by atoms with van der Waals surface area (Å²) >= 11 is 0. The lowest BCUT2D eigenvalue weighted by atomic mass is 10.3. The lowest BCUT2D eigenvalue weighted by molar-refractivity contribution is 0.0332. The zero-order valence-electron chi connectivity index (χ0n) is 9.22. The molecular formula is C10H15N3O3. The van der Waals surface area contributed by atoms with Crippen molar-refractivity contribution in [3.05, 3.63) is 17.7 Å². The molecule has 1 fully saturated rings. The van der Waals surface area contributed by atoms with E-state index in [2.05, 4.69) is 9.88 Å². The predicted molar refractivity (Wildman–Crippen MR) is 56.3 cm³/mol. The number of hydrogen-bond donors (Lipinski definition) is 1. The van der Waals surface area contributed by atoms with Gasteiger partial charge in [0.2, 0.25) is 5.82 Å². The Labute approximate surface area is 93.4 Å². The zero-order chi connectivity index (χ0) is 11.5. The molecule has 0 amide bonds. The maximum atomic E-state index is 10.8. The van der Waals surface area contributed by atoms with E-state index in [9.17, 15) is 4.79 Å². The number of hydrogen-bond acceptors (Lipinski definition) is 4. The first-order valence-electron chi connectivity index (χ1n) is 5.22. The van der Waals surface area contributed by atoms with Gasteiger partial charge < -0.3 is 14.4 Å². The van der Waals surface area contributed by atoms with Crippen LogP contribution in [0, 0.1) is 0 Å². The van der Waals surface area contributed by atoms with Gasteiger partial charge in [0.25, 0.3) is 0 Å². The van der Waals surface area contributed by atoms with E-state index in [0.29, 0.717) is 0 Å². The van der Waals surface area contributed by atoms with Crippen molar-refractivity contribution in [2.45, 2.75) is 6.54 Å². The van der Waals surface area contributed by atoms with Gasteiger partial charge in [0.05, 0.1) is 25.1 Å². The molecule has 0 bridgehead atoms. The van der Waals surface area contributed by atoms with Crippen molar-refractivity contribution < 1.29 is 14.6 Å². The molecule has 0 spiro atoms. The first-order valence-corrected chi connectivity index (χ1v) is 5.22. The maximum absolute atomic E-state index is 10.8. The van der Waals surface area contributed by atoms with Gasteiger partial charge in [-0.15, -0.1) is 0 Å². The molecule has 1 aromatic rings. The SMILES string of the molecule is Cn1c(CN2CCOCC2)cnc1C(=O)O. The minimum Gasteiger partial charge on any atom is -0.475 e. The molecule has 1 N–H and O–H groups in total. The number of ether oxygens (including phenoxy) is 1. The number of aromatic carboxylic acids is 1. The molecule has 0 aliphatic carbocycles. The summed E-state index contributed by atoms with van der Waals surface area (Å²) in [6, 6.07) is 0. The second kappa shape index (κ2) is 4.63. The molecule has 2 heterocycles. The van der Waals surface area contributed by atoms with Crippen LogP contribution in [-0.4, -0.2) is 51.8 Å². The smallest absolute Gasteiger partial charge is 0.372 e. The van der Waals surface area contributed by atoms with Gasteiger partial charge in [0.15, 0.2) is 0 Å². The summed E-state index contributed by atoms with van der Waals surface area (Å²) in [5.41, 5.74) is 0.916. The second-order valence-corrected chi connectivity index (χ2v) is 3.83. The summed E-state index contributed by atoms with van der Waals surface area (Å²) in [5, 5.41) is 8.87. The third kappa shape index (κ3) is 2.23. The summed E-state index contributed by atoms with van der Waals surface area (Å²) in [6.07, 6.45) is 1.62. The predicted octanol–water partition coefficient (Wildman–Crippen LogP) is -0.0495. The van der Waals surface area contributed by atoms with E-state index in [4.69, 9.17) is 9.84 Å². The fourth-order valence-electron chi connectivity index (χ4n) is 1.78. The molecule has 1 aromatic heterocycles. The van der Waals surface area contributed by atoms with Crippen molar-refractivity contribution in [3.63, 3.8) is 0 Å². The van der Waals surface area contributed by atoms with Gasteiger partial charge in [0, 0.05) is 26.7 Å². The molecule has 16 heavy (non-hydrogen) atoms. The Bertz CT molecular complexity index is 383. The van der Waals surface area contributed by atoms with Crippen LogP contribution < -0.4 is 0 Å². The molecule has 1 aliphatic heterocycles. The molecule has 1 saturated heterocycles. The molecule has 0 saturated carbocycles. The fourth-order valence-corrected chi connectivity index (χ4v) is 1.78. The third-order valence-corrected chi connectivity index (χ3v) is 2.76. The third-order valence-electron chi connectivity index (χ3n) is 2.76. The van der Waals surface area contributed by atoms with Crippen LogP contribution in [0.4, 0.5) is 0 Å². The van der Waals surface area contributed by atoms with Gasteiger partial charge in [0.1, 0.15) is 0 Å². The van der Waals surface area contributed by atoms with Gasteiger partial charge in [-0.25, -0.2) is 9.78 Å². The van der Waals surface area contributed by atoms with Gasteiger partial charge in [-0.2, -0.15) is 0 Å². The van der Waals surface area contributed by atoms with Crippen molar-refractivity contribution in [2.75, 3.05) is 26.3 Å². The van der Waals surface area contributed by atoms with Crippen molar-refractivity contribution in [1.29, 1.82) is 0 Å². The average Bonchev–Trinajstić information content (AvgIpc) is 2.62. The average molecular weight is 225 g/mol. The molecule has 0 radical (unpaired) electrons.